The molecule has 0 aliphatic carbocycles. The summed E-state index contributed by atoms with van der Waals surface area (Å²) in [5.74, 6) is 0.342. The van der Waals surface area contributed by atoms with Gasteiger partial charge in [0.15, 0.2) is 11.7 Å². The van der Waals surface area contributed by atoms with E-state index in [4.69, 9.17) is 9.47 Å². The molecule has 184 valence electrons. The van der Waals surface area contributed by atoms with Crippen molar-refractivity contribution in [3.63, 3.8) is 0 Å². The number of hydrogen-bond donors (Lipinski definition) is 0. The van der Waals surface area contributed by atoms with Crippen molar-refractivity contribution in [1.29, 1.82) is 0 Å². The summed E-state index contributed by atoms with van der Waals surface area (Å²) in [5.41, 5.74) is 0. The fourth-order valence-electron chi connectivity index (χ4n) is 5.17. The van der Waals surface area contributed by atoms with Crippen LogP contribution in [-0.2, 0) is 9.47 Å². The molecule has 0 spiro atoms. The predicted octanol–water partition coefficient (Wildman–Crippen LogP) is 8.32. The van der Waals surface area contributed by atoms with Crippen molar-refractivity contribution in [2.75, 3.05) is 14.2 Å². The average molecular weight is 472 g/mol. The first kappa shape index (κ1) is 28.0. The number of methoxy groups -OCH3 is 2. The monoisotopic (exact) mass is 471 g/mol. The Morgan fingerprint density at radius 3 is 1.24 bits per heavy atom. The topological polar surface area (TPSA) is 18.5 Å². The van der Waals surface area contributed by atoms with Crippen molar-refractivity contribution in [2.45, 2.75) is 103 Å². The van der Waals surface area contributed by atoms with Gasteiger partial charge in [-0.1, -0.05) is 102 Å². The van der Waals surface area contributed by atoms with E-state index < -0.39 is 7.26 Å². The van der Waals surface area contributed by atoms with Gasteiger partial charge in [-0.2, -0.15) is 0 Å². The highest BCUT2D eigenvalue weighted by atomic mass is 31.2. The number of unbranched alkanes of at least 4 members (excludes halogenated alkanes) is 8. The molecular weight excluding hydrogens is 423 g/mol. The number of ether oxygens (including phenoxy) is 2. The lowest BCUT2D eigenvalue weighted by molar-refractivity contribution is 0.128. The van der Waals surface area contributed by atoms with Crippen LogP contribution in [-0.4, -0.2) is 25.9 Å². The van der Waals surface area contributed by atoms with Crippen LogP contribution in [0, 0.1) is 0 Å². The van der Waals surface area contributed by atoms with Gasteiger partial charge < -0.3 is 9.47 Å². The van der Waals surface area contributed by atoms with E-state index in [0.29, 0.717) is 0 Å². The summed E-state index contributed by atoms with van der Waals surface area (Å²) >= 11 is 0. The Labute approximate surface area is 204 Å². The van der Waals surface area contributed by atoms with Gasteiger partial charge in [-0.25, -0.2) is 0 Å². The van der Waals surface area contributed by atoms with Gasteiger partial charge in [-0.15, -0.1) is 0 Å². The maximum atomic E-state index is 6.43. The van der Waals surface area contributed by atoms with Crippen LogP contribution >= 0.6 is 7.26 Å². The van der Waals surface area contributed by atoms with Crippen LogP contribution in [0.15, 0.2) is 60.7 Å². The van der Waals surface area contributed by atoms with Crippen LogP contribution in [0.5, 0.6) is 0 Å². The third-order valence-corrected chi connectivity index (χ3v) is 12.0. The van der Waals surface area contributed by atoms with E-state index >= 15 is 0 Å². The molecule has 0 radical (unpaired) electrons. The van der Waals surface area contributed by atoms with Gasteiger partial charge in [0.25, 0.3) is 0 Å². The zero-order valence-electron chi connectivity index (χ0n) is 21.7. The Hall–Kier alpha value is -1.21. The molecule has 0 bridgehead atoms. The van der Waals surface area contributed by atoms with Gasteiger partial charge in [-0.3, -0.25) is 0 Å². The maximum absolute atomic E-state index is 6.43. The lowest BCUT2D eigenvalue weighted by Crippen LogP contribution is -2.40. The molecule has 3 heteroatoms. The van der Waals surface area contributed by atoms with Crippen molar-refractivity contribution in [3.8, 4) is 0 Å². The molecule has 0 aromatic heterocycles. The highest BCUT2D eigenvalue weighted by molar-refractivity contribution is 7.90. The number of benzene rings is 2. The molecule has 33 heavy (non-hydrogen) atoms. The average Bonchev–Trinajstić information content (AvgIpc) is 2.87. The van der Waals surface area contributed by atoms with E-state index in [-0.39, 0.29) is 11.7 Å². The first-order chi connectivity index (χ1) is 16.2. The Morgan fingerprint density at radius 2 is 0.909 bits per heavy atom. The highest BCUT2D eigenvalue weighted by Crippen LogP contribution is 2.67. The largest absolute Gasteiger partial charge is 0.346 e. The zero-order chi connectivity index (χ0) is 23.8. The molecule has 2 atom stereocenters. The summed E-state index contributed by atoms with van der Waals surface area (Å²) < 4.78 is 12.9. The summed E-state index contributed by atoms with van der Waals surface area (Å²) in [4.78, 5) is 0. The zero-order valence-corrected chi connectivity index (χ0v) is 22.6. The smallest absolute Gasteiger partial charge is 0.178 e. The fourth-order valence-corrected chi connectivity index (χ4v) is 10.3. The van der Waals surface area contributed by atoms with E-state index in [2.05, 4.69) is 74.5 Å². The second-order valence-corrected chi connectivity index (χ2v) is 13.0. The second kappa shape index (κ2) is 16.4. The minimum absolute atomic E-state index is 0.171. The van der Waals surface area contributed by atoms with Gasteiger partial charge in [0.1, 0.15) is 17.9 Å². The molecule has 2 rings (SSSR count). The third kappa shape index (κ3) is 7.91. The van der Waals surface area contributed by atoms with E-state index in [0.717, 1.165) is 12.8 Å². The van der Waals surface area contributed by atoms with Crippen molar-refractivity contribution in [1.82, 2.24) is 0 Å². The molecule has 2 nitrogen and oxygen atoms in total. The van der Waals surface area contributed by atoms with Crippen LogP contribution in [0.2, 0.25) is 0 Å². The summed E-state index contributed by atoms with van der Waals surface area (Å²) in [6, 6.07) is 22.3. The highest BCUT2D eigenvalue weighted by Gasteiger charge is 2.56. The molecule has 0 amide bonds. The minimum atomic E-state index is -1.98. The molecule has 2 aromatic rings. The van der Waals surface area contributed by atoms with Crippen molar-refractivity contribution in [3.05, 3.63) is 60.7 Å². The van der Waals surface area contributed by atoms with E-state index in [9.17, 15) is 0 Å². The molecular formula is C30H48O2P+. The summed E-state index contributed by atoms with van der Waals surface area (Å²) in [6.07, 6.45) is 15.0. The van der Waals surface area contributed by atoms with Crippen molar-refractivity contribution < 1.29 is 9.47 Å². The SMILES string of the molecule is CCCCCCCC(OC)[P+](c1ccccc1)(c1ccccc1)C(CCCCCCC)OC. The predicted molar refractivity (Wildman–Crippen MR) is 147 cm³/mol. The number of rotatable bonds is 18. The van der Waals surface area contributed by atoms with Crippen LogP contribution in [0.4, 0.5) is 0 Å². The van der Waals surface area contributed by atoms with Gasteiger partial charge in [0.2, 0.25) is 0 Å². The Bertz CT molecular complexity index is 655. The van der Waals surface area contributed by atoms with Crippen LogP contribution in [0.3, 0.4) is 0 Å². The number of hydrogen-bond acceptors (Lipinski definition) is 2. The quantitative estimate of drug-likeness (QED) is 0.161. The van der Waals surface area contributed by atoms with Gasteiger partial charge in [0, 0.05) is 27.1 Å². The molecule has 2 unspecified atom stereocenters. The van der Waals surface area contributed by atoms with Crippen LogP contribution in [0.1, 0.15) is 90.9 Å². The van der Waals surface area contributed by atoms with Gasteiger partial charge >= 0.3 is 0 Å². The van der Waals surface area contributed by atoms with E-state index in [1.165, 1.54) is 74.8 Å². The second-order valence-electron chi connectivity index (χ2n) is 9.23. The van der Waals surface area contributed by atoms with Gasteiger partial charge in [-0.05, 0) is 37.1 Å². The summed E-state index contributed by atoms with van der Waals surface area (Å²) in [7, 11) is 1.87. The van der Waals surface area contributed by atoms with E-state index in [1.54, 1.807) is 0 Å². The lowest BCUT2D eigenvalue weighted by atomic mass is 10.1. The van der Waals surface area contributed by atoms with Gasteiger partial charge in [0.05, 0.1) is 0 Å². The van der Waals surface area contributed by atoms with Crippen LogP contribution < -0.4 is 10.6 Å². The fraction of sp³-hybridized carbons (Fsp3) is 0.600. The molecule has 0 heterocycles. The summed E-state index contributed by atoms with van der Waals surface area (Å²) in [6.45, 7) is 4.56. The third-order valence-electron chi connectivity index (χ3n) is 6.93. The molecule has 0 aliphatic heterocycles. The Balaban J connectivity index is 2.46. The molecule has 0 saturated carbocycles. The maximum Gasteiger partial charge on any atom is 0.178 e. The van der Waals surface area contributed by atoms with E-state index in [1.807, 2.05) is 14.2 Å². The summed E-state index contributed by atoms with van der Waals surface area (Å²) in [5, 5.41) is 2.83. The Morgan fingerprint density at radius 1 is 0.545 bits per heavy atom. The van der Waals surface area contributed by atoms with Crippen molar-refractivity contribution in [2.24, 2.45) is 0 Å². The minimum Gasteiger partial charge on any atom is -0.346 e. The molecule has 0 N–H and O–H groups in total. The molecule has 0 aliphatic rings. The van der Waals surface area contributed by atoms with Crippen LogP contribution in [0.25, 0.3) is 0 Å². The molecule has 0 fully saturated rings. The normalized spacial score (nSPS) is 13.7. The first-order valence-corrected chi connectivity index (χ1v) is 15.2. The van der Waals surface area contributed by atoms with Crippen molar-refractivity contribution >= 4 is 17.9 Å². The first-order valence-electron chi connectivity index (χ1n) is 13.3. The molecule has 2 aromatic carbocycles. The standard InChI is InChI=1S/C30H48O2P/c1-5-7-9-11-19-25-29(31-3)33(27-21-15-13-16-22-27,28-23-17-14-18-24-28)30(32-4)26-20-12-10-8-6-2/h13-18,21-24,29-30H,5-12,19-20,25-26H2,1-4H3/q+1. The Kier molecular flexibility index (Phi) is 13.9. The molecule has 0 saturated heterocycles. The lowest BCUT2D eigenvalue weighted by Gasteiger charge is -2.38.